The average molecular weight is 301 g/mol. The van der Waals surface area contributed by atoms with Crippen LogP contribution in [0.5, 0.6) is 0 Å². The first-order valence-corrected chi connectivity index (χ1v) is 7.38. The third kappa shape index (κ3) is 2.97. The van der Waals surface area contributed by atoms with E-state index in [2.05, 4.69) is 34.7 Å². The molecule has 0 fully saturated rings. The summed E-state index contributed by atoms with van der Waals surface area (Å²) in [6.07, 6.45) is 0.985. The smallest absolute Gasteiger partial charge is 0.154 e. The lowest BCUT2D eigenvalue weighted by Crippen LogP contribution is -2.10. The van der Waals surface area contributed by atoms with Crippen LogP contribution in [0, 0.1) is 6.92 Å². The Morgan fingerprint density at radius 2 is 2.22 bits per heavy atom. The number of anilines is 1. The van der Waals surface area contributed by atoms with Crippen LogP contribution in [0.4, 0.5) is 5.69 Å². The second kappa shape index (κ2) is 5.91. The highest BCUT2D eigenvalue weighted by Gasteiger charge is 2.14. The molecule has 2 rings (SSSR count). The van der Waals surface area contributed by atoms with E-state index < -0.39 is 0 Å². The lowest BCUT2D eigenvalue weighted by atomic mass is 10.1. The molecule has 0 aliphatic heterocycles. The normalized spacial score (nSPS) is 12.4. The van der Waals surface area contributed by atoms with Gasteiger partial charge in [0.2, 0.25) is 0 Å². The SMILES string of the molecule is CCC(Nc1c(C)cc(Cl)nc1Cl)c1cccs1. The highest BCUT2D eigenvalue weighted by Crippen LogP contribution is 2.32. The fraction of sp³-hybridized carbons (Fsp3) is 0.308. The fourth-order valence-electron chi connectivity index (χ4n) is 1.81. The van der Waals surface area contributed by atoms with Crippen molar-refractivity contribution < 1.29 is 0 Å². The van der Waals surface area contributed by atoms with Crippen molar-refractivity contribution in [1.29, 1.82) is 0 Å². The van der Waals surface area contributed by atoms with Gasteiger partial charge in [0.15, 0.2) is 5.15 Å². The predicted octanol–water partition coefficient (Wildman–Crippen LogP) is 5.32. The summed E-state index contributed by atoms with van der Waals surface area (Å²) in [5.41, 5.74) is 1.87. The summed E-state index contributed by atoms with van der Waals surface area (Å²) in [6.45, 7) is 4.12. The average Bonchev–Trinajstić information content (AvgIpc) is 2.81. The van der Waals surface area contributed by atoms with Gasteiger partial charge in [-0.05, 0) is 36.4 Å². The molecule has 0 aromatic carbocycles. The Labute approximate surface area is 121 Å². The first kappa shape index (κ1) is 13.7. The van der Waals surface area contributed by atoms with Gasteiger partial charge in [-0.25, -0.2) is 4.98 Å². The van der Waals surface area contributed by atoms with E-state index in [4.69, 9.17) is 23.2 Å². The molecule has 0 saturated carbocycles. The van der Waals surface area contributed by atoms with Crippen molar-refractivity contribution >= 4 is 40.2 Å². The topological polar surface area (TPSA) is 24.9 Å². The maximum Gasteiger partial charge on any atom is 0.154 e. The molecule has 96 valence electrons. The van der Waals surface area contributed by atoms with Crippen molar-refractivity contribution in [2.45, 2.75) is 26.3 Å². The lowest BCUT2D eigenvalue weighted by Gasteiger charge is -2.19. The van der Waals surface area contributed by atoms with Gasteiger partial charge < -0.3 is 5.32 Å². The van der Waals surface area contributed by atoms with E-state index in [-0.39, 0.29) is 6.04 Å². The number of nitrogens with zero attached hydrogens (tertiary/aromatic N) is 1. The summed E-state index contributed by atoms with van der Waals surface area (Å²) in [4.78, 5) is 5.37. The number of aryl methyl sites for hydroxylation is 1. The molecule has 2 aromatic heterocycles. The molecule has 0 amide bonds. The Bertz CT molecular complexity index is 503. The molecule has 5 heteroatoms. The molecule has 1 unspecified atom stereocenters. The number of nitrogens with one attached hydrogen (secondary N) is 1. The minimum atomic E-state index is 0.254. The molecule has 0 aliphatic carbocycles. The summed E-state index contributed by atoms with van der Waals surface area (Å²) >= 11 is 13.8. The molecule has 1 atom stereocenters. The molecular formula is C13H14Cl2N2S. The van der Waals surface area contributed by atoms with Crippen LogP contribution in [-0.4, -0.2) is 4.98 Å². The fourth-order valence-corrected chi connectivity index (χ4v) is 3.25. The standard InChI is InChI=1S/C13H14Cl2N2S/c1-3-9(10-5-4-6-18-10)16-12-8(2)7-11(14)17-13(12)15/h4-7,9,16H,3H2,1-2H3. The van der Waals surface area contributed by atoms with Gasteiger partial charge in [0.25, 0.3) is 0 Å². The Hall–Kier alpha value is -0.770. The molecule has 0 bridgehead atoms. The van der Waals surface area contributed by atoms with Crippen LogP contribution >= 0.6 is 34.5 Å². The molecule has 2 aromatic rings. The lowest BCUT2D eigenvalue weighted by molar-refractivity contribution is 0.762. The number of hydrogen-bond donors (Lipinski definition) is 1. The number of rotatable bonds is 4. The van der Waals surface area contributed by atoms with Gasteiger partial charge in [0, 0.05) is 4.88 Å². The predicted molar refractivity (Wildman–Crippen MR) is 80.0 cm³/mol. The summed E-state index contributed by atoms with van der Waals surface area (Å²) in [6, 6.07) is 6.25. The molecule has 0 spiro atoms. The largest absolute Gasteiger partial charge is 0.375 e. The van der Waals surface area contributed by atoms with Crippen LogP contribution < -0.4 is 5.32 Å². The second-order valence-electron chi connectivity index (χ2n) is 4.05. The van der Waals surface area contributed by atoms with E-state index in [0.29, 0.717) is 10.3 Å². The monoisotopic (exact) mass is 300 g/mol. The Morgan fingerprint density at radius 1 is 1.44 bits per heavy atom. The van der Waals surface area contributed by atoms with E-state index in [1.54, 1.807) is 11.3 Å². The highest BCUT2D eigenvalue weighted by atomic mass is 35.5. The van der Waals surface area contributed by atoms with Gasteiger partial charge in [-0.3, -0.25) is 0 Å². The first-order chi connectivity index (χ1) is 8.61. The number of pyridine rings is 1. The zero-order valence-electron chi connectivity index (χ0n) is 10.2. The first-order valence-electron chi connectivity index (χ1n) is 5.74. The van der Waals surface area contributed by atoms with E-state index in [9.17, 15) is 0 Å². The van der Waals surface area contributed by atoms with Crippen molar-refractivity contribution in [2.24, 2.45) is 0 Å². The summed E-state index contributed by atoms with van der Waals surface area (Å²) in [5, 5.41) is 6.38. The van der Waals surface area contributed by atoms with E-state index in [1.165, 1.54) is 4.88 Å². The van der Waals surface area contributed by atoms with Crippen LogP contribution in [-0.2, 0) is 0 Å². The van der Waals surface area contributed by atoms with Gasteiger partial charge in [-0.2, -0.15) is 0 Å². The summed E-state index contributed by atoms with van der Waals surface area (Å²) in [5.74, 6) is 0. The molecule has 0 saturated heterocycles. The van der Waals surface area contributed by atoms with Crippen molar-refractivity contribution in [3.63, 3.8) is 0 Å². The van der Waals surface area contributed by atoms with Crippen LogP contribution in [0.3, 0.4) is 0 Å². The third-order valence-electron chi connectivity index (χ3n) is 2.75. The minimum Gasteiger partial charge on any atom is -0.375 e. The molecule has 0 radical (unpaired) electrons. The summed E-state index contributed by atoms with van der Waals surface area (Å²) < 4.78 is 0. The third-order valence-corrected chi connectivity index (χ3v) is 4.21. The minimum absolute atomic E-state index is 0.254. The molecule has 18 heavy (non-hydrogen) atoms. The molecule has 2 nitrogen and oxygen atoms in total. The van der Waals surface area contributed by atoms with Crippen LogP contribution in [0.15, 0.2) is 23.6 Å². The van der Waals surface area contributed by atoms with Crippen LogP contribution in [0.2, 0.25) is 10.3 Å². The Morgan fingerprint density at radius 3 is 2.78 bits per heavy atom. The zero-order chi connectivity index (χ0) is 13.1. The van der Waals surface area contributed by atoms with Crippen LogP contribution in [0.25, 0.3) is 0 Å². The second-order valence-corrected chi connectivity index (χ2v) is 5.77. The number of hydrogen-bond acceptors (Lipinski definition) is 3. The van der Waals surface area contributed by atoms with E-state index >= 15 is 0 Å². The number of thiophene rings is 1. The number of aromatic nitrogens is 1. The Kier molecular flexibility index (Phi) is 4.49. The maximum absolute atomic E-state index is 6.14. The van der Waals surface area contributed by atoms with E-state index in [0.717, 1.165) is 17.7 Å². The van der Waals surface area contributed by atoms with Gasteiger partial charge >= 0.3 is 0 Å². The summed E-state index contributed by atoms with van der Waals surface area (Å²) in [7, 11) is 0. The highest BCUT2D eigenvalue weighted by molar-refractivity contribution is 7.10. The van der Waals surface area contributed by atoms with Crippen molar-refractivity contribution in [3.8, 4) is 0 Å². The van der Waals surface area contributed by atoms with Gasteiger partial charge in [0.1, 0.15) is 5.15 Å². The quantitative estimate of drug-likeness (QED) is 0.773. The van der Waals surface area contributed by atoms with Crippen LogP contribution in [0.1, 0.15) is 29.8 Å². The van der Waals surface area contributed by atoms with Crippen molar-refractivity contribution in [2.75, 3.05) is 5.32 Å². The number of halogens is 2. The van der Waals surface area contributed by atoms with Crippen molar-refractivity contribution in [3.05, 3.63) is 44.3 Å². The molecular weight excluding hydrogens is 287 g/mol. The van der Waals surface area contributed by atoms with Gasteiger partial charge in [0.05, 0.1) is 11.7 Å². The van der Waals surface area contributed by atoms with E-state index in [1.807, 2.05) is 13.0 Å². The van der Waals surface area contributed by atoms with Gasteiger partial charge in [-0.15, -0.1) is 11.3 Å². The Balaban J connectivity index is 2.28. The zero-order valence-corrected chi connectivity index (χ0v) is 12.5. The maximum atomic E-state index is 6.14. The van der Waals surface area contributed by atoms with Gasteiger partial charge in [-0.1, -0.05) is 36.2 Å². The molecule has 0 aliphatic rings. The van der Waals surface area contributed by atoms with Crippen molar-refractivity contribution in [1.82, 2.24) is 4.98 Å². The molecule has 2 heterocycles. The molecule has 1 N–H and O–H groups in total.